The van der Waals surface area contributed by atoms with Crippen LogP contribution in [0.1, 0.15) is 6.92 Å². The summed E-state index contributed by atoms with van der Waals surface area (Å²) in [6.07, 6.45) is 1.56. The summed E-state index contributed by atoms with van der Waals surface area (Å²) in [7, 11) is 0. The molecule has 0 aliphatic carbocycles. The van der Waals surface area contributed by atoms with Crippen molar-refractivity contribution in [2.24, 2.45) is 0 Å². The van der Waals surface area contributed by atoms with Gasteiger partial charge in [0.2, 0.25) is 5.91 Å². The van der Waals surface area contributed by atoms with Crippen molar-refractivity contribution in [2.75, 3.05) is 31.1 Å². The van der Waals surface area contributed by atoms with Gasteiger partial charge in [0, 0.05) is 49.4 Å². The molecule has 0 N–H and O–H groups in total. The van der Waals surface area contributed by atoms with Crippen LogP contribution in [0.5, 0.6) is 0 Å². The van der Waals surface area contributed by atoms with E-state index in [2.05, 4.69) is 14.9 Å². The first-order chi connectivity index (χ1) is 15.5. The van der Waals surface area contributed by atoms with Gasteiger partial charge in [-0.05, 0) is 36.4 Å². The number of carbonyl (C=O) groups excluding carboxylic acids is 1. The van der Waals surface area contributed by atoms with E-state index >= 15 is 0 Å². The number of hydrogen-bond acceptors (Lipinski definition) is 5. The van der Waals surface area contributed by atoms with E-state index in [1.807, 2.05) is 58.0 Å². The van der Waals surface area contributed by atoms with Crippen molar-refractivity contribution in [3.8, 4) is 17.1 Å². The average molecular weight is 467 g/mol. The molecule has 1 amide bonds. The summed E-state index contributed by atoms with van der Waals surface area (Å²) < 4.78 is 1.98. The van der Waals surface area contributed by atoms with E-state index in [0.717, 1.165) is 17.1 Å². The summed E-state index contributed by atoms with van der Waals surface area (Å²) in [5.41, 5.74) is 3.04. The zero-order valence-corrected chi connectivity index (χ0v) is 18.9. The minimum Gasteiger partial charge on any atom is -0.351 e. The van der Waals surface area contributed by atoms with E-state index in [0.29, 0.717) is 53.2 Å². The Bertz CT molecular complexity index is 1300. The molecule has 4 aromatic rings. The lowest BCUT2D eigenvalue weighted by atomic mass is 10.2. The molecule has 0 bridgehead atoms. The third-order valence-corrected chi connectivity index (χ3v) is 6.23. The second kappa shape index (κ2) is 8.41. The second-order valence-corrected chi connectivity index (χ2v) is 8.43. The summed E-state index contributed by atoms with van der Waals surface area (Å²) in [6, 6.07) is 15.1. The molecule has 1 aliphatic heterocycles. The fourth-order valence-electron chi connectivity index (χ4n) is 4.00. The van der Waals surface area contributed by atoms with Crippen LogP contribution in [0.15, 0.2) is 54.9 Å². The molecular formula is C23H20Cl2N6O. The van der Waals surface area contributed by atoms with E-state index < -0.39 is 0 Å². The number of piperazine rings is 1. The van der Waals surface area contributed by atoms with Gasteiger partial charge in [0.05, 0.1) is 5.02 Å². The zero-order valence-electron chi connectivity index (χ0n) is 17.4. The lowest BCUT2D eigenvalue weighted by Gasteiger charge is -2.34. The van der Waals surface area contributed by atoms with Gasteiger partial charge in [-0.3, -0.25) is 9.36 Å². The summed E-state index contributed by atoms with van der Waals surface area (Å²) in [5, 5.41) is 1.25. The molecule has 9 heteroatoms. The molecule has 1 aliphatic rings. The monoisotopic (exact) mass is 466 g/mol. The number of carbonyl (C=O) groups is 1. The van der Waals surface area contributed by atoms with Gasteiger partial charge in [-0.2, -0.15) is 0 Å². The van der Waals surface area contributed by atoms with Gasteiger partial charge >= 0.3 is 0 Å². The zero-order chi connectivity index (χ0) is 22.2. The smallest absolute Gasteiger partial charge is 0.219 e. The fourth-order valence-corrected chi connectivity index (χ4v) is 4.35. The Hall–Kier alpha value is -3.16. The molecule has 2 aromatic carbocycles. The van der Waals surface area contributed by atoms with Crippen LogP contribution in [0.4, 0.5) is 5.82 Å². The Morgan fingerprint density at radius 3 is 2.34 bits per heavy atom. The lowest BCUT2D eigenvalue weighted by Crippen LogP contribution is -2.48. The maximum Gasteiger partial charge on any atom is 0.219 e. The van der Waals surface area contributed by atoms with Gasteiger partial charge in [0.15, 0.2) is 17.0 Å². The molecule has 162 valence electrons. The number of hydrogen-bond donors (Lipinski definition) is 0. The average Bonchev–Trinajstić information content (AvgIpc) is 3.19. The normalized spacial score (nSPS) is 14.2. The minimum atomic E-state index is 0.0884. The van der Waals surface area contributed by atoms with Crippen LogP contribution in [0, 0.1) is 0 Å². The molecular weight excluding hydrogens is 447 g/mol. The third kappa shape index (κ3) is 3.67. The lowest BCUT2D eigenvalue weighted by molar-refractivity contribution is -0.129. The predicted octanol–water partition coefficient (Wildman–Crippen LogP) is 4.46. The van der Waals surface area contributed by atoms with Crippen molar-refractivity contribution in [1.29, 1.82) is 0 Å². The molecule has 0 unspecified atom stereocenters. The fraction of sp³-hybridized carbons (Fsp3) is 0.217. The first kappa shape index (κ1) is 20.7. The number of aromatic nitrogens is 4. The number of rotatable bonds is 3. The van der Waals surface area contributed by atoms with Crippen LogP contribution in [0.2, 0.25) is 10.0 Å². The van der Waals surface area contributed by atoms with Crippen molar-refractivity contribution in [3.63, 3.8) is 0 Å². The van der Waals surface area contributed by atoms with E-state index in [1.54, 1.807) is 13.3 Å². The standard InChI is InChI=1S/C23H20Cl2N6O/c1-15(32)29-10-12-30(13-11-29)22-20-23(27-14-26-22)31(17-8-6-16(24)7-9-17)21(28-20)18-4-2-3-5-19(18)25/h2-9,14H,10-13H2,1H3. The van der Waals surface area contributed by atoms with Crippen LogP contribution in [-0.4, -0.2) is 56.5 Å². The SMILES string of the molecule is CC(=O)N1CCN(c2ncnc3c2nc(-c2ccccc2Cl)n3-c2ccc(Cl)cc2)CC1. The van der Waals surface area contributed by atoms with Crippen LogP contribution in [0.3, 0.4) is 0 Å². The van der Waals surface area contributed by atoms with E-state index in [-0.39, 0.29) is 5.91 Å². The molecule has 0 radical (unpaired) electrons. The van der Waals surface area contributed by atoms with Crippen LogP contribution < -0.4 is 4.90 Å². The number of amides is 1. The molecule has 7 nitrogen and oxygen atoms in total. The number of halogens is 2. The Kier molecular flexibility index (Phi) is 5.45. The van der Waals surface area contributed by atoms with Crippen molar-refractivity contribution in [2.45, 2.75) is 6.92 Å². The van der Waals surface area contributed by atoms with E-state index in [4.69, 9.17) is 28.2 Å². The van der Waals surface area contributed by atoms with Crippen LogP contribution in [-0.2, 0) is 4.79 Å². The minimum absolute atomic E-state index is 0.0884. The first-order valence-electron chi connectivity index (χ1n) is 10.3. The van der Waals surface area contributed by atoms with Gasteiger partial charge in [-0.15, -0.1) is 0 Å². The summed E-state index contributed by atoms with van der Waals surface area (Å²) in [4.78, 5) is 29.8. The molecule has 32 heavy (non-hydrogen) atoms. The quantitative estimate of drug-likeness (QED) is 0.445. The van der Waals surface area contributed by atoms with Crippen molar-refractivity contribution < 1.29 is 4.79 Å². The highest BCUT2D eigenvalue weighted by atomic mass is 35.5. The largest absolute Gasteiger partial charge is 0.351 e. The third-order valence-electron chi connectivity index (χ3n) is 5.65. The molecule has 2 aromatic heterocycles. The van der Waals surface area contributed by atoms with E-state index in [1.165, 1.54) is 0 Å². The number of imidazole rings is 1. The maximum absolute atomic E-state index is 11.7. The molecule has 1 saturated heterocycles. The molecule has 0 saturated carbocycles. The number of nitrogens with zero attached hydrogens (tertiary/aromatic N) is 6. The Morgan fingerprint density at radius 1 is 0.938 bits per heavy atom. The topological polar surface area (TPSA) is 67.2 Å². The summed E-state index contributed by atoms with van der Waals surface area (Å²) in [5.74, 6) is 1.52. The van der Waals surface area contributed by atoms with Crippen LogP contribution >= 0.6 is 23.2 Å². The van der Waals surface area contributed by atoms with Crippen molar-refractivity contribution >= 4 is 46.1 Å². The van der Waals surface area contributed by atoms with Crippen molar-refractivity contribution in [3.05, 3.63) is 64.9 Å². The molecule has 1 fully saturated rings. The Balaban J connectivity index is 1.68. The van der Waals surface area contributed by atoms with Gasteiger partial charge < -0.3 is 9.80 Å². The number of anilines is 1. The maximum atomic E-state index is 11.7. The number of fused-ring (bicyclic) bond motifs is 1. The molecule has 3 heterocycles. The van der Waals surface area contributed by atoms with Gasteiger partial charge in [-0.1, -0.05) is 35.3 Å². The second-order valence-electron chi connectivity index (χ2n) is 7.59. The Morgan fingerprint density at radius 2 is 1.66 bits per heavy atom. The highest BCUT2D eigenvalue weighted by Gasteiger charge is 2.25. The van der Waals surface area contributed by atoms with Gasteiger partial charge in [-0.25, -0.2) is 15.0 Å². The Labute approximate surface area is 195 Å². The molecule has 0 atom stereocenters. The highest BCUT2D eigenvalue weighted by Crippen LogP contribution is 2.34. The van der Waals surface area contributed by atoms with Gasteiger partial charge in [0.25, 0.3) is 0 Å². The molecule has 5 rings (SSSR count). The summed E-state index contributed by atoms with van der Waals surface area (Å²) in [6.45, 7) is 4.26. The van der Waals surface area contributed by atoms with Crippen molar-refractivity contribution in [1.82, 2.24) is 24.4 Å². The molecule has 0 spiro atoms. The predicted molar refractivity (Wildman–Crippen MR) is 127 cm³/mol. The van der Waals surface area contributed by atoms with Gasteiger partial charge in [0.1, 0.15) is 12.2 Å². The number of benzene rings is 2. The summed E-state index contributed by atoms with van der Waals surface area (Å²) >= 11 is 12.7. The van der Waals surface area contributed by atoms with Crippen LogP contribution in [0.25, 0.3) is 28.2 Å². The highest BCUT2D eigenvalue weighted by molar-refractivity contribution is 6.33. The first-order valence-corrected chi connectivity index (χ1v) is 11.0. The van der Waals surface area contributed by atoms with E-state index in [9.17, 15) is 4.79 Å².